The molecule has 2 aliphatic rings. The Hall–Kier alpha value is -2.28. The first kappa shape index (κ1) is 18.5. The fourth-order valence-electron chi connectivity index (χ4n) is 3.60. The van der Waals surface area contributed by atoms with Gasteiger partial charge in [-0.05, 0) is 43.9 Å². The number of nitrogens with zero attached hydrogens (tertiary/aromatic N) is 1. The average molecular weight is 360 g/mol. The molecule has 0 saturated carbocycles. The number of anilines is 1. The Morgan fingerprint density at radius 1 is 1.38 bits per heavy atom. The minimum absolute atomic E-state index is 0.129. The number of carbonyl (C=O) groups excluding carboxylic acids is 1. The molecule has 26 heavy (non-hydrogen) atoms. The summed E-state index contributed by atoms with van der Waals surface area (Å²) in [5.41, 5.74) is 1.66. The molecule has 1 aromatic rings. The number of nitrogens with one attached hydrogen (secondary N) is 3. The number of rotatable bonds is 6. The van der Waals surface area contributed by atoms with Crippen LogP contribution in [0.25, 0.3) is 0 Å². The molecule has 3 rings (SSSR count). The number of fused-ring (bicyclic) bond motifs is 2. The second kappa shape index (κ2) is 8.40. The lowest BCUT2D eigenvalue weighted by Crippen LogP contribution is -2.47. The van der Waals surface area contributed by atoms with E-state index in [2.05, 4.69) is 22.9 Å². The maximum atomic E-state index is 11.4. The first-order valence-corrected chi connectivity index (χ1v) is 9.23. The van der Waals surface area contributed by atoms with Gasteiger partial charge >= 0.3 is 0 Å². The van der Waals surface area contributed by atoms with Gasteiger partial charge in [-0.25, -0.2) is 4.99 Å². The van der Waals surface area contributed by atoms with Crippen LogP contribution >= 0.6 is 0 Å². The Bertz CT molecular complexity index is 677. The molecule has 0 aliphatic carbocycles. The van der Waals surface area contributed by atoms with Crippen molar-refractivity contribution < 1.29 is 14.3 Å². The second-order valence-corrected chi connectivity index (χ2v) is 6.77. The number of carbonyl (C=O) groups is 1. The lowest BCUT2D eigenvalue weighted by molar-refractivity contribution is -0.114. The number of hydrogen-bond acceptors (Lipinski definition) is 4. The first-order chi connectivity index (χ1) is 12.6. The summed E-state index contributed by atoms with van der Waals surface area (Å²) in [5.74, 6) is 1.30. The van der Waals surface area contributed by atoms with Crippen LogP contribution in [0, 0.1) is 0 Å². The van der Waals surface area contributed by atoms with E-state index in [-0.39, 0.29) is 5.91 Å². The van der Waals surface area contributed by atoms with Gasteiger partial charge in [0.05, 0.1) is 37.6 Å². The molecule has 3 N–H and O–H groups in total. The highest BCUT2D eigenvalue weighted by Gasteiger charge is 2.41. The molecular weight excluding hydrogens is 332 g/mol. The van der Waals surface area contributed by atoms with Crippen molar-refractivity contribution in [3.63, 3.8) is 0 Å². The van der Waals surface area contributed by atoms with Crippen molar-refractivity contribution in [3.05, 3.63) is 23.8 Å². The van der Waals surface area contributed by atoms with E-state index >= 15 is 0 Å². The van der Waals surface area contributed by atoms with Crippen molar-refractivity contribution in [1.29, 1.82) is 0 Å². The van der Waals surface area contributed by atoms with Crippen LogP contribution in [-0.2, 0) is 16.1 Å². The summed E-state index contributed by atoms with van der Waals surface area (Å²) in [4.78, 5) is 16.1. The zero-order chi connectivity index (χ0) is 18.5. The monoisotopic (exact) mass is 360 g/mol. The van der Waals surface area contributed by atoms with E-state index in [1.165, 1.54) is 13.3 Å². The summed E-state index contributed by atoms with van der Waals surface area (Å²) in [6, 6.07) is 6.03. The highest BCUT2D eigenvalue weighted by atomic mass is 16.5. The lowest BCUT2D eigenvalue weighted by atomic mass is 9.96. The third kappa shape index (κ3) is 4.46. The van der Waals surface area contributed by atoms with Gasteiger partial charge in [0.25, 0.3) is 0 Å². The van der Waals surface area contributed by atoms with Crippen molar-refractivity contribution in [1.82, 2.24) is 10.6 Å². The highest BCUT2D eigenvalue weighted by Crippen LogP contribution is 2.34. The number of ether oxygens (including phenoxy) is 2. The molecule has 0 radical (unpaired) electrons. The highest BCUT2D eigenvalue weighted by molar-refractivity contribution is 5.90. The van der Waals surface area contributed by atoms with Crippen molar-refractivity contribution in [2.24, 2.45) is 4.99 Å². The van der Waals surface area contributed by atoms with Crippen molar-refractivity contribution >= 4 is 17.6 Å². The molecule has 0 spiro atoms. The summed E-state index contributed by atoms with van der Waals surface area (Å²) >= 11 is 0. The van der Waals surface area contributed by atoms with Gasteiger partial charge in [0.1, 0.15) is 5.75 Å². The zero-order valence-corrected chi connectivity index (χ0v) is 15.7. The van der Waals surface area contributed by atoms with Crippen LogP contribution in [0.4, 0.5) is 5.69 Å². The minimum Gasteiger partial charge on any atom is -0.495 e. The maximum Gasteiger partial charge on any atom is 0.221 e. The molecule has 7 nitrogen and oxygen atoms in total. The number of amides is 1. The summed E-state index contributed by atoms with van der Waals surface area (Å²) in [5, 5.41) is 9.60. The molecule has 2 fully saturated rings. The number of methoxy groups -OCH3 is 1. The normalized spacial score (nSPS) is 24.4. The Labute approximate surface area is 154 Å². The largest absolute Gasteiger partial charge is 0.495 e. The van der Waals surface area contributed by atoms with Gasteiger partial charge in [0, 0.05) is 13.5 Å². The molecule has 142 valence electrons. The molecule has 0 aromatic heterocycles. The lowest BCUT2D eigenvalue weighted by Gasteiger charge is -2.22. The van der Waals surface area contributed by atoms with E-state index in [0.717, 1.165) is 30.9 Å². The fraction of sp³-hybridized carbons (Fsp3) is 0.579. The van der Waals surface area contributed by atoms with Crippen LogP contribution in [0.1, 0.15) is 38.7 Å². The third-order valence-corrected chi connectivity index (χ3v) is 4.77. The molecule has 1 aromatic carbocycles. The van der Waals surface area contributed by atoms with Crippen molar-refractivity contribution in [2.75, 3.05) is 19.0 Å². The Balaban J connectivity index is 1.67. The van der Waals surface area contributed by atoms with Gasteiger partial charge in [-0.1, -0.05) is 6.07 Å². The molecule has 1 amide bonds. The minimum atomic E-state index is -0.129. The Morgan fingerprint density at radius 3 is 2.85 bits per heavy atom. The quantitative estimate of drug-likeness (QED) is 0.534. The molecule has 3 unspecified atom stereocenters. The van der Waals surface area contributed by atoms with Gasteiger partial charge in [-0.15, -0.1) is 0 Å². The van der Waals surface area contributed by atoms with Crippen LogP contribution in [-0.4, -0.2) is 43.8 Å². The SMILES string of the molecule is CCNC(=NCc1ccc(OC)c(NC(C)=O)c1)NC1CC2CCC1O2. The van der Waals surface area contributed by atoms with Crippen LogP contribution < -0.4 is 20.7 Å². The van der Waals surface area contributed by atoms with Crippen molar-refractivity contribution in [2.45, 2.75) is 57.9 Å². The van der Waals surface area contributed by atoms with Gasteiger partial charge in [-0.2, -0.15) is 0 Å². The van der Waals surface area contributed by atoms with Crippen LogP contribution in [0.15, 0.2) is 23.2 Å². The predicted octanol–water partition coefficient (Wildman–Crippen LogP) is 2.03. The van der Waals surface area contributed by atoms with E-state index in [9.17, 15) is 4.79 Å². The van der Waals surface area contributed by atoms with Gasteiger partial charge in [-0.3, -0.25) is 4.79 Å². The number of aliphatic imine (C=N–C) groups is 1. The molecule has 2 bridgehead atoms. The standard InChI is InChI=1S/C19H28N4O3/c1-4-20-19(23-16-10-14-6-8-18(16)26-14)21-11-13-5-7-17(25-3)15(9-13)22-12(2)24/h5,7,9,14,16,18H,4,6,8,10-11H2,1-3H3,(H,22,24)(H2,20,21,23). The summed E-state index contributed by atoms with van der Waals surface area (Å²) in [6.45, 7) is 4.84. The second-order valence-electron chi connectivity index (χ2n) is 6.77. The first-order valence-electron chi connectivity index (χ1n) is 9.23. The van der Waals surface area contributed by atoms with E-state index < -0.39 is 0 Å². The van der Waals surface area contributed by atoms with Crippen LogP contribution in [0.2, 0.25) is 0 Å². The van der Waals surface area contributed by atoms with Crippen molar-refractivity contribution in [3.8, 4) is 5.75 Å². The van der Waals surface area contributed by atoms with Gasteiger partial charge < -0.3 is 25.4 Å². The number of hydrogen-bond donors (Lipinski definition) is 3. The van der Waals surface area contributed by atoms with E-state index in [1.54, 1.807) is 7.11 Å². The summed E-state index contributed by atoms with van der Waals surface area (Å²) in [7, 11) is 1.59. The maximum absolute atomic E-state index is 11.4. The van der Waals surface area contributed by atoms with Gasteiger partial charge in [0.2, 0.25) is 5.91 Å². The van der Waals surface area contributed by atoms with E-state index in [4.69, 9.17) is 14.5 Å². The Morgan fingerprint density at radius 2 is 2.23 bits per heavy atom. The van der Waals surface area contributed by atoms with E-state index in [0.29, 0.717) is 36.2 Å². The predicted molar refractivity (Wildman–Crippen MR) is 102 cm³/mol. The zero-order valence-electron chi connectivity index (χ0n) is 15.7. The molecule has 7 heteroatoms. The number of benzene rings is 1. The summed E-state index contributed by atoms with van der Waals surface area (Å²) < 4.78 is 11.2. The molecule has 2 heterocycles. The average Bonchev–Trinajstić information content (AvgIpc) is 3.22. The fourth-order valence-corrected chi connectivity index (χ4v) is 3.60. The summed E-state index contributed by atoms with van der Waals surface area (Å²) in [6.07, 6.45) is 4.05. The van der Waals surface area contributed by atoms with Gasteiger partial charge in [0.15, 0.2) is 5.96 Å². The smallest absolute Gasteiger partial charge is 0.221 e. The third-order valence-electron chi connectivity index (χ3n) is 4.77. The van der Waals surface area contributed by atoms with E-state index in [1.807, 2.05) is 18.2 Å². The number of guanidine groups is 1. The molecule has 3 atom stereocenters. The Kier molecular flexibility index (Phi) is 5.98. The van der Waals surface area contributed by atoms with Crippen LogP contribution in [0.5, 0.6) is 5.75 Å². The topological polar surface area (TPSA) is 84.0 Å². The molecule has 2 aliphatic heterocycles. The van der Waals surface area contributed by atoms with Crippen LogP contribution in [0.3, 0.4) is 0 Å². The molecular formula is C19H28N4O3. The molecule has 2 saturated heterocycles.